The summed E-state index contributed by atoms with van der Waals surface area (Å²) in [4.78, 5) is 11.2. The largest absolute Gasteiger partial charge is 0.426 e. The molecular weight excluding hydrogens is 216 g/mol. The molecule has 1 aromatic rings. The fourth-order valence-corrected chi connectivity index (χ4v) is 1.26. The third kappa shape index (κ3) is 3.44. The highest BCUT2D eigenvalue weighted by Gasteiger charge is 2.07. The van der Waals surface area contributed by atoms with Crippen molar-refractivity contribution < 1.29 is 13.8 Å². The van der Waals surface area contributed by atoms with E-state index in [1.807, 2.05) is 13.8 Å². The average Bonchev–Trinajstić information content (AvgIpc) is 2.21. The van der Waals surface area contributed by atoms with Gasteiger partial charge in [0.05, 0.1) is 0 Å². The summed E-state index contributed by atoms with van der Waals surface area (Å²) >= 11 is 5.20. The summed E-state index contributed by atoms with van der Waals surface area (Å²) in [5.74, 6) is 0.857. The lowest BCUT2D eigenvalue weighted by Crippen LogP contribution is -2.07. The maximum Gasteiger partial charge on any atom is 0.311 e. The van der Waals surface area contributed by atoms with E-state index < -0.39 is 0 Å². The molecule has 0 aromatic heterocycles. The van der Waals surface area contributed by atoms with Gasteiger partial charge >= 0.3 is 5.97 Å². The van der Waals surface area contributed by atoms with Crippen LogP contribution in [0.25, 0.3) is 0 Å². The van der Waals surface area contributed by atoms with Gasteiger partial charge in [-0.05, 0) is 37.1 Å². The van der Waals surface area contributed by atoms with Crippen LogP contribution in [-0.4, -0.2) is 5.97 Å². The molecule has 3 nitrogen and oxygen atoms in total. The standard InChI is InChI=1S/C11H13ClO3/c1-3-4-11(13)14-10-6-5-9(15-12)7-8(10)2/h5-7H,3-4H2,1-2H3. The zero-order valence-corrected chi connectivity index (χ0v) is 9.50. The monoisotopic (exact) mass is 228 g/mol. The minimum atomic E-state index is -0.222. The summed E-state index contributed by atoms with van der Waals surface area (Å²) in [6.07, 6.45) is 1.20. The summed E-state index contributed by atoms with van der Waals surface area (Å²) in [7, 11) is 0. The molecule has 0 N–H and O–H groups in total. The minimum absolute atomic E-state index is 0.222. The van der Waals surface area contributed by atoms with E-state index in [1.165, 1.54) is 0 Å². The Bertz CT molecular complexity index is 350. The maximum absolute atomic E-state index is 11.2. The number of esters is 1. The van der Waals surface area contributed by atoms with Crippen LogP contribution in [0.5, 0.6) is 11.5 Å². The summed E-state index contributed by atoms with van der Waals surface area (Å²) in [5, 5.41) is 0. The number of hydrogen-bond acceptors (Lipinski definition) is 3. The molecule has 0 aliphatic carbocycles. The van der Waals surface area contributed by atoms with E-state index in [4.69, 9.17) is 16.6 Å². The van der Waals surface area contributed by atoms with Crippen molar-refractivity contribution >= 4 is 17.8 Å². The number of benzene rings is 1. The molecule has 0 aliphatic rings. The molecule has 0 spiro atoms. The molecular formula is C11H13ClO3. The topological polar surface area (TPSA) is 35.5 Å². The molecule has 0 heterocycles. The molecule has 0 amide bonds. The van der Waals surface area contributed by atoms with Crippen molar-refractivity contribution in [1.29, 1.82) is 0 Å². The normalized spacial score (nSPS) is 9.80. The van der Waals surface area contributed by atoms with Crippen LogP contribution in [-0.2, 0) is 4.79 Å². The molecule has 0 bridgehead atoms. The van der Waals surface area contributed by atoms with E-state index in [0.29, 0.717) is 17.9 Å². The van der Waals surface area contributed by atoms with Gasteiger partial charge in [-0.2, -0.15) is 0 Å². The highest BCUT2D eigenvalue weighted by molar-refractivity contribution is 6.09. The van der Waals surface area contributed by atoms with Crippen LogP contribution in [0.15, 0.2) is 18.2 Å². The van der Waals surface area contributed by atoms with Gasteiger partial charge in [0.25, 0.3) is 0 Å². The summed E-state index contributed by atoms with van der Waals surface area (Å²) in [6.45, 7) is 3.76. The molecule has 0 fully saturated rings. The van der Waals surface area contributed by atoms with E-state index in [-0.39, 0.29) is 5.97 Å². The van der Waals surface area contributed by atoms with Gasteiger partial charge in [-0.3, -0.25) is 4.79 Å². The van der Waals surface area contributed by atoms with Crippen molar-refractivity contribution in [3.8, 4) is 11.5 Å². The van der Waals surface area contributed by atoms with Gasteiger partial charge in [0, 0.05) is 6.42 Å². The Morgan fingerprint density at radius 2 is 2.20 bits per heavy atom. The van der Waals surface area contributed by atoms with Gasteiger partial charge in [0.15, 0.2) is 0 Å². The highest BCUT2D eigenvalue weighted by Crippen LogP contribution is 2.24. The van der Waals surface area contributed by atoms with E-state index in [0.717, 1.165) is 12.0 Å². The second-order valence-electron chi connectivity index (χ2n) is 3.23. The van der Waals surface area contributed by atoms with E-state index >= 15 is 0 Å². The Hall–Kier alpha value is -1.22. The highest BCUT2D eigenvalue weighted by atomic mass is 35.5. The van der Waals surface area contributed by atoms with E-state index in [9.17, 15) is 4.79 Å². The Kier molecular flexibility index (Phi) is 4.43. The Morgan fingerprint density at radius 3 is 2.73 bits per heavy atom. The fourth-order valence-electron chi connectivity index (χ4n) is 1.16. The number of hydrogen-bond donors (Lipinski definition) is 0. The first-order valence-corrected chi connectivity index (χ1v) is 5.08. The second kappa shape index (κ2) is 5.61. The van der Waals surface area contributed by atoms with E-state index in [2.05, 4.69) is 4.29 Å². The van der Waals surface area contributed by atoms with E-state index in [1.54, 1.807) is 18.2 Å². The molecule has 0 radical (unpaired) electrons. The maximum atomic E-state index is 11.2. The summed E-state index contributed by atoms with van der Waals surface area (Å²) < 4.78 is 9.68. The first-order valence-electron chi connectivity index (χ1n) is 4.77. The van der Waals surface area contributed by atoms with Crippen molar-refractivity contribution in [2.24, 2.45) is 0 Å². The lowest BCUT2D eigenvalue weighted by molar-refractivity contribution is -0.134. The van der Waals surface area contributed by atoms with Crippen molar-refractivity contribution in [3.63, 3.8) is 0 Å². The van der Waals surface area contributed by atoms with Crippen LogP contribution in [0, 0.1) is 6.92 Å². The lowest BCUT2D eigenvalue weighted by Gasteiger charge is -2.07. The minimum Gasteiger partial charge on any atom is -0.426 e. The predicted molar refractivity (Wildman–Crippen MR) is 58.2 cm³/mol. The zero-order chi connectivity index (χ0) is 11.3. The summed E-state index contributed by atoms with van der Waals surface area (Å²) in [6, 6.07) is 5.02. The molecule has 15 heavy (non-hydrogen) atoms. The predicted octanol–water partition coefficient (Wildman–Crippen LogP) is 3.23. The number of rotatable bonds is 4. The number of carbonyl (C=O) groups excluding carboxylic acids is 1. The average molecular weight is 229 g/mol. The Morgan fingerprint density at radius 1 is 1.47 bits per heavy atom. The molecule has 1 aromatic carbocycles. The zero-order valence-electron chi connectivity index (χ0n) is 8.75. The van der Waals surface area contributed by atoms with Crippen LogP contribution in [0.3, 0.4) is 0 Å². The molecule has 0 unspecified atom stereocenters. The molecule has 4 heteroatoms. The van der Waals surface area contributed by atoms with Gasteiger partial charge in [-0.1, -0.05) is 6.92 Å². The molecule has 1 rings (SSSR count). The summed E-state index contributed by atoms with van der Waals surface area (Å²) in [5.41, 5.74) is 0.817. The number of halogens is 1. The molecule has 0 saturated carbocycles. The van der Waals surface area contributed by atoms with Crippen LogP contribution >= 0.6 is 11.9 Å². The quantitative estimate of drug-likeness (QED) is 0.586. The van der Waals surface area contributed by atoms with Gasteiger partial charge in [-0.25, -0.2) is 0 Å². The van der Waals surface area contributed by atoms with Crippen molar-refractivity contribution in [3.05, 3.63) is 23.8 Å². The number of carbonyl (C=O) groups is 1. The number of aryl methyl sites for hydroxylation is 1. The van der Waals surface area contributed by atoms with Crippen LogP contribution in [0.2, 0.25) is 0 Å². The first-order chi connectivity index (χ1) is 7.17. The van der Waals surface area contributed by atoms with Crippen molar-refractivity contribution in [1.82, 2.24) is 0 Å². The Labute approximate surface area is 94.1 Å². The molecule has 0 aliphatic heterocycles. The van der Waals surface area contributed by atoms with Gasteiger partial charge in [0.1, 0.15) is 23.4 Å². The molecule has 82 valence electrons. The van der Waals surface area contributed by atoms with Crippen LogP contribution in [0.4, 0.5) is 0 Å². The van der Waals surface area contributed by atoms with Gasteiger partial charge in [-0.15, -0.1) is 0 Å². The third-order valence-electron chi connectivity index (χ3n) is 1.91. The van der Waals surface area contributed by atoms with Crippen LogP contribution < -0.4 is 9.03 Å². The first kappa shape index (κ1) is 11.9. The molecule has 0 atom stereocenters. The van der Waals surface area contributed by atoms with Crippen LogP contribution in [0.1, 0.15) is 25.3 Å². The SMILES string of the molecule is CCCC(=O)Oc1ccc(OCl)cc1C. The molecule has 0 saturated heterocycles. The van der Waals surface area contributed by atoms with Crippen molar-refractivity contribution in [2.75, 3.05) is 0 Å². The fraction of sp³-hybridized carbons (Fsp3) is 0.364. The Balaban J connectivity index is 2.73. The van der Waals surface area contributed by atoms with Gasteiger partial charge in [0.2, 0.25) is 0 Å². The van der Waals surface area contributed by atoms with Crippen molar-refractivity contribution in [2.45, 2.75) is 26.7 Å². The smallest absolute Gasteiger partial charge is 0.311 e. The van der Waals surface area contributed by atoms with Gasteiger partial charge < -0.3 is 9.03 Å². The lowest BCUT2D eigenvalue weighted by atomic mass is 10.2. The number of ether oxygens (including phenoxy) is 1. The second-order valence-corrected chi connectivity index (χ2v) is 3.38. The third-order valence-corrected chi connectivity index (χ3v) is 2.09.